The molecular weight excluding hydrogens is 430 g/mol. The number of urea groups is 1. The molecule has 0 unspecified atom stereocenters. The van der Waals surface area contributed by atoms with Crippen LogP contribution in [0.25, 0.3) is 11.3 Å². The highest BCUT2D eigenvalue weighted by molar-refractivity contribution is 5.93. The predicted molar refractivity (Wildman–Crippen MR) is 135 cm³/mol. The van der Waals surface area contributed by atoms with Gasteiger partial charge >= 0.3 is 6.03 Å². The zero-order valence-corrected chi connectivity index (χ0v) is 19.8. The largest absolute Gasteiger partial charge is 0.491 e. The summed E-state index contributed by atoms with van der Waals surface area (Å²) in [4.78, 5) is 18.3. The first-order valence-corrected chi connectivity index (χ1v) is 11.8. The number of nitrogens with zero attached hydrogens (tertiary/aromatic N) is 3. The van der Waals surface area contributed by atoms with Crippen molar-refractivity contribution in [1.29, 1.82) is 0 Å². The number of primary amides is 1. The standard InChI is InChI=1S/C26H35N5O3/c1-2-22-24(20-10-4-3-5-11-20)29-19-30(22)14-9-17-34-23-13-8-12-21(18-27)25(23)31(26(28)33)15-6-7-16-32/h3-5,8,10-13,19,32H,2,6-7,9,14-18,27H2,1H3,(H2,28,33). The van der Waals surface area contributed by atoms with Gasteiger partial charge in [-0.05, 0) is 37.3 Å². The van der Waals surface area contributed by atoms with Crippen molar-refractivity contribution in [2.75, 3.05) is 24.7 Å². The number of hydrogen-bond acceptors (Lipinski definition) is 5. The van der Waals surface area contributed by atoms with Crippen LogP contribution in [0.3, 0.4) is 0 Å². The van der Waals surface area contributed by atoms with Gasteiger partial charge in [0.2, 0.25) is 0 Å². The SMILES string of the molecule is CCc1c(-c2ccccc2)ncn1CCCOc1cccc(CN)c1N(CCCCO)C(N)=O. The summed E-state index contributed by atoms with van der Waals surface area (Å²) in [6, 6.07) is 15.2. The molecule has 0 aliphatic rings. The van der Waals surface area contributed by atoms with Gasteiger partial charge in [0.1, 0.15) is 5.75 Å². The molecule has 0 spiro atoms. The van der Waals surface area contributed by atoms with E-state index in [1.807, 2.05) is 42.7 Å². The highest BCUT2D eigenvalue weighted by Crippen LogP contribution is 2.33. The Hall–Kier alpha value is -3.36. The fourth-order valence-electron chi connectivity index (χ4n) is 4.09. The number of benzene rings is 2. The minimum Gasteiger partial charge on any atom is -0.491 e. The maximum atomic E-state index is 12.2. The number of imidazole rings is 1. The van der Waals surface area contributed by atoms with Gasteiger partial charge in [0.25, 0.3) is 0 Å². The number of para-hydroxylation sites is 1. The second-order valence-corrected chi connectivity index (χ2v) is 8.04. The average molecular weight is 466 g/mol. The van der Waals surface area contributed by atoms with Gasteiger partial charge in [-0.2, -0.15) is 0 Å². The van der Waals surface area contributed by atoms with Crippen LogP contribution in [0, 0.1) is 0 Å². The first-order valence-electron chi connectivity index (χ1n) is 11.8. The van der Waals surface area contributed by atoms with Gasteiger partial charge in [-0.3, -0.25) is 4.90 Å². The van der Waals surface area contributed by atoms with E-state index in [0.29, 0.717) is 37.4 Å². The summed E-state index contributed by atoms with van der Waals surface area (Å²) >= 11 is 0. The van der Waals surface area contributed by atoms with Crippen molar-refractivity contribution in [2.45, 2.75) is 45.7 Å². The van der Waals surface area contributed by atoms with Crippen molar-refractivity contribution in [3.63, 3.8) is 0 Å². The van der Waals surface area contributed by atoms with Gasteiger partial charge in [0.05, 0.1) is 24.3 Å². The molecule has 8 nitrogen and oxygen atoms in total. The van der Waals surface area contributed by atoms with E-state index in [9.17, 15) is 4.79 Å². The normalized spacial score (nSPS) is 10.9. The highest BCUT2D eigenvalue weighted by atomic mass is 16.5. The van der Waals surface area contributed by atoms with Crippen LogP contribution >= 0.6 is 0 Å². The van der Waals surface area contributed by atoms with E-state index in [-0.39, 0.29) is 13.2 Å². The quantitative estimate of drug-likeness (QED) is 0.333. The van der Waals surface area contributed by atoms with Crippen LogP contribution < -0.4 is 21.1 Å². The number of hydrogen-bond donors (Lipinski definition) is 3. The molecular formula is C26H35N5O3. The van der Waals surface area contributed by atoms with Crippen LogP contribution in [-0.4, -0.2) is 40.4 Å². The Bertz CT molecular complexity index is 1050. The number of unbranched alkanes of at least 4 members (excludes halogenated alkanes) is 1. The number of amides is 2. The Balaban J connectivity index is 1.70. The smallest absolute Gasteiger partial charge is 0.319 e. The summed E-state index contributed by atoms with van der Waals surface area (Å²) in [6.45, 7) is 4.08. The number of aliphatic hydroxyl groups is 1. The number of rotatable bonds is 13. The van der Waals surface area contributed by atoms with E-state index in [1.54, 1.807) is 0 Å². The average Bonchev–Trinajstić information content (AvgIpc) is 3.27. The molecule has 0 atom stereocenters. The maximum absolute atomic E-state index is 12.2. The van der Waals surface area contributed by atoms with Crippen molar-refractivity contribution in [2.24, 2.45) is 11.5 Å². The fraction of sp³-hybridized carbons (Fsp3) is 0.385. The Kier molecular flexibility index (Phi) is 9.49. The molecule has 5 N–H and O–H groups in total. The van der Waals surface area contributed by atoms with Gasteiger partial charge < -0.3 is 25.9 Å². The third-order valence-corrected chi connectivity index (χ3v) is 5.76. The third kappa shape index (κ3) is 6.15. The molecule has 0 bridgehead atoms. The fourth-order valence-corrected chi connectivity index (χ4v) is 4.09. The molecule has 2 aromatic carbocycles. The lowest BCUT2D eigenvalue weighted by Gasteiger charge is -2.25. The molecule has 34 heavy (non-hydrogen) atoms. The number of nitrogens with two attached hydrogens (primary N) is 2. The van der Waals surface area contributed by atoms with Crippen LogP contribution in [0.4, 0.5) is 10.5 Å². The molecule has 2 amide bonds. The van der Waals surface area contributed by atoms with E-state index in [1.165, 1.54) is 10.6 Å². The zero-order valence-electron chi connectivity index (χ0n) is 19.8. The first-order chi connectivity index (χ1) is 16.6. The van der Waals surface area contributed by atoms with Gasteiger partial charge in [0, 0.05) is 37.5 Å². The minimum atomic E-state index is -0.567. The van der Waals surface area contributed by atoms with Crippen LogP contribution in [0.5, 0.6) is 5.75 Å². The molecule has 8 heteroatoms. The van der Waals surface area contributed by atoms with E-state index in [0.717, 1.165) is 36.2 Å². The maximum Gasteiger partial charge on any atom is 0.319 e. The molecule has 0 saturated heterocycles. The van der Waals surface area contributed by atoms with Crippen molar-refractivity contribution in [3.8, 4) is 17.0 Å². The summed E-state index contributed by atoms with van der Waals surface area (Å²) in [5.74, 6) is 0.581. The molecule has 1 aromatic heterocycles. The molecule has 3 rings (SSSR count). The Morgan fingerprint density at radius 3 is 2.59 bits per heavy atom. The molecule has 0 saturated carbocycles. The molecule has 0 fully saturated rings. The third-order valence-electron chi connectivity index (χ3n) is 5.76. The summed E-state index contributed by atoms with van der Waals surface area (Å²) in [5.41, 5.74) is 16.3. The van der Waals surface area contributed by atoms with Crippen LogP contribution in [-0.2, 0) is 19.5 Å². The summed E-state index contributed by atoms with van der Waals surface area (Å²) < 4.78 is 8.29. The number of aromatic nitrogens is 2. The topological polar surface area (TPSA) is 120 Å². The van der Waals surface area contributed by atoms with E-state index in [2.05, 4.69) is 28.6 Å². The number of carbonyl (C=O) groups excluding carboxylic acids is 1. The number of aryl methyl sites for hydroxylation is 1. The van der Waals surface area contributed by atoms with Crippen molar-refractivity contribution >= 4 is 11.7 Å². The minimum absolute atomic E-state index is 0.0640. The van der Waals surface area contributed by atoms with Crippen LogP contribution in [0.15, 0.2) is 54.9 Å². The predicted octanol–water partition coefficient (Wildman–Crippen LogP) is 3.70. The second-order valence-electron chi connectivity index (χ2n) is 8.04. The van der Waals surface area contributed by atoms with Crippen molar-refractivity contribution in [1.82, 2.24) is 9.55 Å². The molecule has 3 aromatic rings. The van der Waals surface area contributed by atoms with Crippen molar-refractivity contribution < 1.29 is 14.6 Å². The summed E-state index contributed by atoms with van der Waals surface area (Å²) in [6.07, 6.45) is 4.75. The van der Waals surface area contributed by atoms with E-state index in [4.69, 9.17) is 21.3 Å². The molecule has 0 radical (unpaired) electrons. The second kappa shape index (κ2) is 12.8. The van der Waals surface area contributed by atoms with E-state index < -0.39 is 6.03 Å². The number of ether oxygens (including phenoxy) is 1. The van der Waals surface area contributed by atoms with Crippen molar-refractivity contribution in [3.05, 3.63) is 66.1 Å². The molecule has 182 valence electrons. The number of anilines is 1. The Morgan fingerprint density at radius 2 is 1.91 bits per heavy atom. The lowest BCUT2D eigenvalue weighted by molar-refractivity contribution is 0.251. The number of aliphatic hydroxyl groups excluding tert-OH is 1. The Labute approximate surface area is 201 Å². The van der Waals surface area contributed by atoms with Gasteiger partial charge in [-0.1, -0.05) is 49.4 Å². The lowest BCUT2D eigenvalue weighted by atomic mass is 10.1. The zero-order chi connectivity index (χ0) is 24.3. The molecule has 1 heterocycles. The lowest BCUT2D eigenvalue weighted by Crippen LogP contribution is -2.37. The highest BCUT2D eigenvalue weighted by Gasteiger charge is 2.20. The van der Waals surface area contributed by atoms with E-state index >= 15 is 0 Å². The van der Waals surface area contributed by atoms with Crippen LogP contribution in [0.1, 0.15) is 37.4 Å². The molecule has 0 aliphatic carbocycles. The summed E-state index contributed by atoms with van der Waals surface area (Å²) in [7, 11) is 0. The van der Waals surface area contributed by atoms with Crippen LogP contribution in [0.2, 0.25) is 0 Å². The van der Waals surface area contributed by atoms with Gasteiger partial charge in [-0.25, -0.2) is 9.78 Å². The Morgan fingerprint density at radius 1 is 1.12 bits per heavy atom. The first kappa shape index (κ1) is 25.3. The van der Waals surface area contributed by atoms with Gasteiger partial charge in [-0.15, -0.1) is 0 Å². The van der Waals surface area contributed by atoms with Gasteiger partial charge in [0.15, 0.2) is 0 Å². The molecule has 0 aliphatic heterocycles. The monoisotopic (exact) mass is 465 g/mol. The number of carbonyl (C=O) groups is 1. The summed E-state index contributed by atoms with van der Waals surface area (Å²) in [5, 5.41) is 9.10.